The minimum Gasteiger partial charge on any atom is -0.497 e. The maximum absolute atomic E-state index is 11.7. The molecule has 1 saturated heterocycles. The Morgan fingerprint density at radius 3 is 2.81 bits per heavy atom. The zero-order chi connectivity index (χ0) is 18.3. The Balaban J connectivity index is 1.46. The quantitative estimate of drug-likeness (QED) is 0.780. The minimum atomic E-state index is -3.26. The molecule has 1 aromatic carbocycles. The Labute approximate surface area is 152 Å². The molecule has 140 valence electrons. The fourth-order valence-corrected chi connectivity index (χ4v) is 4.12. The first-order chi connectivity index (χ1) is 12.5. The summed E-state index contributed by atoms with van der Waals surface area (Å²) in [5.74, 6) is 2.25. The molecule has 0 spiro atoms. The van der Waals surface area contributed by atoms with E-state index < -0.39 is 16.1 Å². The normalized spacial score (nSPS) is 26.6. The van der Waals surface area contributed by atoms with Crippen molar-refractivity contribution in [2.45, 2.75) is 24.4 Å². The molecule has 0 N–H and O–H groups in total. The van der Waals surface area contributed by atoms with Crippen molar-refractivity contribution in [2.75, 3.05) is 33.1 Å². The summed E-state index contributed by atoms with van der Waals surface area (Å²) >= 11 is 0. The lowest BCUT2D eigenvalue weighted by Crippen LogP contribution is -2.41. The highest BCUT2D eigenvalue weighted by Crippen LogP contribution is 2.54. The van der Waals surface area contributed by atoms with E-state index in [0.717, 1.165) is 12.2 Å². The van der Waals surface area contributed by atoms with E-state index in [9.17, 15) is 8.42 Å². The average molecular weight is 379 g/mol. The Kier molecular flexibility index (Phi) is 4.45. The van der Waals surface area contributed by atoms with Crippen molar-refractivity contribution < 1.29 is 22.3 Å². The molecule has 0 bridgehead atoms. The third kappa shape index (κ3) is 3.46. The molecular formula is C17H21N3O5S. The highest BCUT2D eigenvalue weighted by Gasteiger charge is 2.44. The van der Waals surface area contributed by atoms with E-state index in [1.54, 1.807) is 7.11 Å². The number of morpholine rings is 1. The summed E-state index contributed by atoms with van der Waals surface area (Å²) < 4.78 is 41.6. The minimum absolute atomic E-state index is 0.179. The van der Waals surface area contributed by atoms with Crippen LogP contribution in [0, 0.1) is 0 Å². The second-order valence-corrected chi connectivity index (χ2v) is 8.67. The molecule has 9 heteroatoms. The zero-order valence-electron chi connectivity index (χ0n) is 14.7. The first-order valence-electron chi connectivity index (χ1n) is 8.49. The van der Waals surface area contributed by atoms with Crippen LogP contribution in [0.3, 0.4) is 0 Å². The Morgan fingerprint density at radius 2 is 2.04 bits per heavy atom. The fourth-order valence-electron chi connectivity index (χ4n) is 3.31. The Bertz CT molecular complexity index is 897. The van der Waals surface area contributed by atoms with Crippen LogP contribution in [0.1, 0.15) is 41.7 Å². The van der Waals surface area contributed by atoms with Crippen molar-refractivity contribution in [3.8, 4) is 5.75 Å². The highest BCUT2D eigenvalue weighted by molar-refractivity contribution is 7.88. The predicted octanol–water partition coefficient (Wildman–Crippen LogP) is 1.68. The number of nitrogens with zero attached hydrogens (tertiary/aromatic N) is 3. The predicted molar refractivity (Wildman–Crippen MR) is 92.5 cm³/mol. The number of hydrogen-bond acceptors (Lipinski definition) is 7. The standard InChI is InChI=1S/C17H21N3O5S/c1-23-12-5-3-4-11(8-12)13-9-14(13)16-18-19-17(25-16)15-10-20(6-7-24-15)26(2,21)22/h3-5,8,13-15H,6-7,9-10H2,1-2H3/t13-,14-,15-/m0/s1. The van der Waals surface area contributed by atoms with Gasteiger partial charge in [0.25, 0.3) is 0 Å². The molecule has 8 nitrogen and oxygen atoms in total. The van der Waals surface area contributed by atoms with Gasteiger partial charge < -0.3 is 13.9 Å². The third-order valence-electron chi connectivity index (χ3n) is 4.86. The second-order valence-electron chi connectivity index (χ2n) is 6.68. The summed E-state index contributed by atoms with van der Waals surface area (Å²) in [4.78, 5) is 0. The molecule has 2 aliphatic rings. The number of ether oxygens (including phenoxy) is 2. The van der Waals surface area contributed by atoms with Gasteiger partial charge in [-0.25, -0.2) is 8.42 Å². The van der Waals surface area contributed by atoms with Gasteiger partial charge in [-0.1, -0.05) is 12.1 Å². The largest absolute Gasteiger partial charge is 0.497 e. The summed E-state index contributed by atoms with van der Waals surface area (Å²) in [6.45, 7) is 0.854. The van der Waals surface area contributed by atoms with Crippen LogP contribution < -0.4 is 4.74 Å². The van der Waals surface area contributed by atoms with Crippen LogP contribution in [0.4, 0.5) is 0 Å². The SMILES string of the molecule is COc1cccc([C@@H]2C[C@@H]2c2nnc([C@@H]3CN(S(C)(=O)=O)CCO3)o2)c1. The van der Waals surface area contributed by atoms with E-state index in [1.807, 2.05) is 18.2 Å². The number of benzene rings is 1. The maximum atomic E-state index is 11.7. The van der Waals surface area contributed by atoms with Gasteiger partial charge in [0, 0.05) is 19.0 Å². The van der Waals surface area contributed by atoms with E-state index in [0.29, 0.717) is 30.9 Å². The smallest absolute Gasteiger partial charge is 0.246 e. The van der Waals surface area contributed by atoms with Crippen molar-refractivity contribution in [2.24, 2.45) is 0 Å². The van der Waals surface area contributed by atoms with Crippen LogP contribution >= 0.6 is 0 Å². The highest BCUT2D eigenvalue weighted by atomic mass is 32.2. The van der Waals surface area contributed by atoms with E-state index in [4.69, 9.17) is 13.9 Å². The summed E-state index contributed by atoms with van der Waals surface area (Å²) in [6.07, 6.45) is 1.61. The van der Waals surface area contributed by atoms with E-state index >= 15 is 0 Å². The Hall–Kier alpha value is -1.97. The summed E-state index contributed by atoms with van der Waals surface area (Å²) in [6, 6.07) is 7.98. The lowest BCUT2D eigenvalue weighted by molar-refractivity contribution is -0.0176. The van der Waals surface area contributed by atoms with Crippen molar-refractivity contribution >= 4 is 10.0 Å². The van der Waals surface area contributed by atoms with Gasteiger partial charge >= 0.3 is 0 Å². The van der Waals surface area contributed by atoms with E-state index in [1.165, 1.54) is 16.1 Å². The summed E-state index contributed by atoms with van der Waals surface area (Å²) in [5.41, 5.74) is 1.19. The average Bonchev–Trinajstić information content (AvgIpc) is 3.29. The lowest BCUT2D eigenvalue weighted by Gasteiger charge is -2.29. The molecule has 0 radical (unpaired) electrons. The van der Waals surface area contributed by atoms with Crippen molar-refractivity contribution in [3.63, 3.8) is 0 Å². The molecule has 0 unspecified atom stereocenters. The molecule has 1 aliphatic carbocycles. The second kappa shape index (κ2) is 6.64. The van der Waals surface area contributed by atoms with Gasteiger partial charge in [-0.2, -0.15) is 4.31 Å². The molecular weight excluding hydrogens is 358 g/mol. The maximum Gasteiger partial charge on any atom is 0.246 e. The van der Waals surface area contributed by atoms with Gasteiger partial charge in [-0.3, -0.25) is 0 Å². The van der Waals surface area contributed by atoms with E-state index in [-0.39, 0.29) is 12.5 Å². The molecule has 1 aliphatic heterocycles. The van der Waals surface area contributed by atoms with Crippen molar-refractivity contribution in [1.29, 1.82) is 0 Å². The first-order valence-corrected chi connectivity index (χ1v) is 10.3. The molecule has 1 aromatic heterocycles. The lowest BCUT2D eigenvalue weighted by atomic mass is 10.1. The summed E-state index contributed by atoms with van der Waals surface area (Å²) in [7, 11) is -1.61. The van der Waals surface area contributed by atoms with Crippen LogP contribution in [-0.2, 0) is 14.8 Å². The van der Waals surface area contributed by atoms with Crippen LogP contribution in [0.2, 0.25) is 0 Å². The van der Waals surface area contributed by atoms with Gasteiger partial charge in [0.05, 0.1) is 20.0 Å². The first kappa shape index (κ1) is 17.4. The molecule has 3 atom stereocenters. The number of hydrogen-bond donors (Lipinski definition) is 0. The van der Waals surface area contributed by atoms with Gasteiger partial charge in [0.15, 0.2) is 0 Å². The Morgan fingerprint density at radius 1 is 1.23 bits per heavy atom. The van der Waals surface area contributed by atoms with Gasteiger partial charge in [-0.15, -0.1) is 10.2 Å². The molecule has 2 aromatic rings. The number of aromatic nitrogens is 2. The van der Waals surface area contributed by atoms with Gasteiger partial charge in [0.2, 0.25) is 21.8 Å². The number of rotatable bonds is 5. The van der Waals surface area contributed by atoms with Crippen molar-refractivity contribution in [3.05, 3.63) is 41.6 Å². The van der Waals surface area contributed by atoms with Gasteiger partial charge in [0.1, 0.15) is 11.9 Å². The van der Waals surface area contributed by atoms with Gasteiger partial charge in [-0.05, 0) is 30.0 Å². The molecule has 26 heavy (non-hydrogen) atoms. The monoisotopic (exact) mass is 379 g/mol. The zero-order valence-corrected chi connectivity index (χ0v) is 15.5. The molecule has 1 saturated carbocycles. The molecule has 4 rings (SSSR count). The molecule has 2 fully saturated rings. The molecule has 2 heterocycles. The van der Waals surface area contributed by atoms with Crippen molar-refractivity contribution in [1.82, 2.24) is 14.5 Å². The third-order valence-corrected chi connectivity index (χ3v) is 6.13. The fraction of sp³-hybridized carbons (Fsp3) is 0.529. The summed E-state index contributed by atoms with van der Waals surface area (Å²) in [5, 5.41) is 8.25. The number of methoxy groups -OCH3 is 1. The van der Waals surface area contributed by atoms with Crippen LogP contribution in [0.5, 0.6) is 5.75 Å². The van der Waals surface area contributed by atoms with Crippen LogP contribution in [0.25, 0.3) is 0 Å². The van der Waals surface area contributed by atoms with Crippen LogP contribution in [-0.4, -0.2) is 56.0 Å². The van der Waals surface area contributed by atoms with Crippen LogP contribution in [0.15, 0.2) is 28.7 Å². The molecule has 0 amide bonds. The number of sulfonamides is 1. The van der Waals surface area contributed by atoms with E-state index in [2.05, 4.69) is 16.3 Å². The topological polar surface area (TPSA) is 94.8 Å².